The molecule has 1 atom stereocenters. The maximum Gasteiger partial charge on any atom is 0.245 e. The van der Waals surface area contributed by atoms with Crippen LogP contribution in [0.1, 0.15) is 18.4 Å². The van der Waals surface area contributed by atoms with Crippen molar-refractivity contribution in [3.05, 3.63) is 35.9 Å². The molecule has 1 aromatic carbocycles. The van der Waals surface area contributed by atoms with Crippen LogP contribution in [0.15, 0.2) is 30.3 Å². The van der Waals surface area contributed by atoms with Gasteiger partial charge in [-0.2, -0.15) is 0 Å². The van der Waals surface area contributed by atoms with Crippen LogP contribution >= 0.6 is 0 Å². The van der Waals surface area contributed by atoms with Crippen LogP contribution < -0.4 is 0 Å². The van der Waals surface area contributed by atoms with Gasteiger partial charge in [0.2, 0.25) is 11.8 Å². The molecule has 5 nitrogen and oxygen atoms in total. The second-order valence-electron chi connectivity index (χ2n) is 5.08. The zero-order valence-corrected chi connectivity index (χ0v) is 11.7. The van der Waals surface area contributed by atoms with Gasteiger partial charge in [-0.3, -0.25) is 9.59 Å². The summed E-state index contributed by atoms with van der Waals surface area (Å²) in [4.78, 5) is 27.5. The minimum absolute atomic E-state index is 0.0286. The molecular weight excluding hydrogens is 256 g/mol. The summed E-state index contributed by atoms with van der Waals surface area (Å²) in [5, 5.41) is 8.96. The zero-order chi connectivity index (χ0) is 14.5. The van der Waals surface area contributed by atoms with Gasteiger partial charge < -0.3 is 14.9 Å². The van der Waals surface area contributed by atoms with Gasteiger partial charge in [0, 0.05) is 20.2 Å². The molecule has 2 amide bonds. The largest absolute Gasteiger partial charge is 0.396 e. The molecule has 1 heterocycles. The molecule has 0 bridgehead atoms. The summed E-state index contributed by atoms with van der Waals surface area (Å²) in [5.74, 6) is -0.0899. The van der Waals surface area contributed by atoms with E-state index >= 15 is 0 Å². The molecule has 0 saturated carbocycles. The Bertz CT molecular complexity index is 475. The van der Waals surface area contributed by atoms with Crippen LogP contribution in [0.2, 0.25) is 0 Å². The summed E-state index contributed by atoms with van der Waals surface area (Å²) in [6, 6.07) is 9.18. The summed E-state index contributed by atoms with van der Waals surface area (Å²) in [6.45, 7) is 0.595. The number of likely N-dealkylation sites (N-methyl/N-ethyl adjacent to an activating group) is 1. The summed E-state index contributed by atoms with van der Waals surface area (Å²) in [7, 11) is 1.64. The zero-order valence-electron chi connectivity index (χ0n) is 11.7. The van der Waals surface area contributed by atoms with Gasteiger partial charge in [-0.05, 0) is 18.4 Å². The first-order chi connectivity index (χ1) is 9.63. The lowest BCUT2D eigenvalue weighted by Crippen LogP contribution is -2.58. The van der Waals surface area contributed by atoms with Crippen LogP contribution in [0.4, 0.5) is 0 Å². The van der Waals surface area contributed by atoms with Crippen LogP contribution in [0, 0.1) is 0 Å². The molecule has 1 aliphatic rings. The fourth-order valence-corrected chi connectivity index (χ4v) is 2.48. The quantitative estimate of drug-likeness (QED) is 0.858. The predicted octanol–water partition coefficient (Wildman–Crippen LogP) is 0.628. The lowest BCUT2D eigenvalue weighted by atomic mass is 10.0. The van der Waals surface area contributed by atoms with Gasteiger partial charge in [-0.25, -0.2) is 0 Å². The second-order valence-corrected chi connectivity index (χ2v) is 5.08. The molecule has 20 heavy (non-hydrogen) atoms. The van der Waals surface area contributed by atoms with E-state index in [0.29, 0.717) is 19.4 Å². The van der Waals surface area contributed by atoms with Gasteiger partial charge >= 0.3 is 0 Å². The number of benzene rings is 1. The first-order valence-electron chi connectivity index (χ1n) is 6.82. The van der Waals surface area contributed by atoms with Crippen molar-refractivity contribution in [2.45, 2.75) is 25.4 Å². The third-order valence-electron chi connectivity index (χ3n) is 3.56. The molecule has 1 fully saturated rings. The molecule has 1 aromatic rings. The lowest BCUT2D eigenvalue weighted by molar-refractivity contribution is -0.155. The van der Waals surface area contributed by atoms with Gasteiger partial charge in [0.1, 0.15) is 6.04 Å². The molecule has 0 radical (unpaired) electrons. The number of carbonyl (C=O) groups is 2. The Morgan fingerprint density at radius 3 is 2.60 bits per heavy atom. The number of hydrogen-bond acceptors (Lipinski definition) is 3. The Morgan fingerprint density at radius 2 is 1.95 bits per heavy atom. The van der Waals surface area contributed by atoms with Crippen molar-refractivity contribution in [1.29, 1.82) is 0 Å². The van der Waals surface area contributed by atoms with Crippen LogP contribution in [0.5, 0.6) is 0 Å². The highest BCUT2D eigenvalue weighted by atomic mass is 16.3. The van der Waals surface area contributed by atoms with E-state index in [4.69, 9.17) is 5.11 Å². The first-order valence-corrected chi connectivity index (χ1v) is 6.82. The van der Waals surface area contributed by atoms with E-state index in [2.05, 4.69) is 0 Å². The van der Waals surface area contributed by atoms with Crippen LogP contribution in [-0.2, 0) is 16.1 Å². The van der Waals surface area contributed by atoms with Crippen molar-refractivity contribution in [2.75, 3.05) is 20.2 Å². The fourth-order valence-electron chi connectivity index (χ4n) is 2.48. The van der Waals surface area contributed by atoms with Crippen molar-refractivity contribution in [2.24, 2.45) is 0 Å². The topological polar surface area (TPSA) is 60.9 Å². The smallest absolute Gasteiger partial charge is 0.245 e. The van der Waals surface area contributed by atoms with Crippen molar-refractivity contribution in [3.8, 4) is 0 Å². The molecular formula is C15H20N2O3. The Kier molecular flexibility index (Phi) is 4.74. The van der Waals surface area contributed by atoms with Crippen LogP contribution in [0.3, 0.4) is 0 Å². The molecule has 1 N–H and O–H groups in total. The molecule has 108 valence electrons. The van der Waals surface area contributed by atoms with E-state index < -0.39 is 6.04 Å². The fraction of sp³-hybridized carbons (Fsp3) is 0.467. The Morgan fingerprint density at radius 1 is 1.25 bits per heavy atom. The summed E-state index contributed by atoms with van der Waals surface area (Å²) < 4.78 is 0. The number of carbonyl (C=O) groups excluding carboxylic acids is 2. The van der Waals surface area contributed by atoms with Crippen LogP contribution in [0.25, 0.3) is 0 Å². The predicted molar refractivity (Wildman–Crippen MR) is 74.7 cm³/mol. The minimum Gasteiger partial charge on any atom is -0.396 e. The average Bonchev–Trinajstić information content (AvgIpc) is 2.45. The van der Waals surface area contributed by atoms with E-state index in [1.54, 1.807) is 11.9 Å². The number of aliphatic hydroxyl groups is 1. The molecule has 0 aliphatic carbocycles. The van der Waals surface area contributed by atoms with E-state index in [1.807, 2.05) is 30.3 Å². The number of hydrogen-bond donors (Lipinski definition) is 1. The van der Waals surface area contributed by atoms with Gasteiger partial charge in [0.15, 0.2) is 0 Å². The molecule has 0 spiro atoms. The van der Waals surface area contributed by atoms with Crippen molar-refractivity contribution < 1.29 is 14.7 Å². The molecule has 0 unspecified atom stereocenters. The normalized spacial score (nSPS) is 19.6. The number of piperazine rings is 1. The molecule has 1 aliphatic heterocycles. The molecule has 0 aromatic heterocycles. The summed E-state index contributed by atoms with van der Waals surface area (Å²) in [6.07, 6.45) is 1.01. The van der Waals surface area contributed by atoms with E-state index in [9.17, 15) is 9.59 Å². The maximum absolute atomic E-state index is 12.2. The van der Waals surface area contributed by atoms with Gasteiger partial charge in [-0.15, -0.1) is 0 Å². The second kappa shape index (κ2) is 6.52. The number of nitrogens with zero attached hydrogens (tertiary/aromatic N) is 2. The van der Waals surface area contributed by atoms with E-state index in [0.717, 1.165) is 5.56 Å². The first kappa shape index (κ1) is 14.5. The van der Waals surface area contributed by atoms with Gasteiger partial charge in [0.25, 0.3) is 0 Å². The van der Waals surface area contributed by atoms with E-state index in [-0.39, 0.29) is 25.0 Å². The number of rotatable bonds is 5. The highest BCUT2D eigenvalue weighted by Crippen LogP contribution is 2.19. The number of aliphatic hydroxyl groups excluding tert-OH is 1. The third kappa shape index (κ3) is 3.17. The number of amides is 2. The molecule has 1 saturated heterocycles. The average molecular weight is 276 g/mol. The summed E-state index contributed by atoms with van der Waals surface area (Å²) in [5.41, 5.74) is 1.01. The van der Waals surface area contributed by atoms with Crippen LogP contribution in [-0.4, -0.2) is 53.0 Å². The maximum atomic E-state index is 12.2. The van der Waals surface area contributed by atoms with Crippen molar-refractivity contribution in [1.82, 2.24) is 9.80 Å². The Labute approximate surface area is 118 Å². The Hall–Kier alpha value is -1.88. The minimum atomic E-state index is -0.464. The monoisotopic (exact) mass is 276 g/mol. The highest BCUT2D eigenvalue weighted by Gasteiger charge is 2.37. The SMILES string of the molecule is CN1CC(=O)N(Cc2ccccc2)[C@@H](CCCO)C1=O. The van der Waals surface area contributed by atoms with Crippen molar-refractivity contribution >= 4 is 11.8 Å². The summed E-state index contributed by atoms with van der Waals surface area (Å²) >= 11 is 0. The third-order valence-corrected chi connectivity index (χ3v) is 3.56. The van der Waals surface area contributed by atoms with Gasteiger partial charge in [-0.1, -0.05) is 30.3 Å². The highest BCUT2D eigenvalue weighted by molar-refractivity contribution is 5.94. The van der Waals surface area contributed by atoms with E-state index in [1.165, 1.54) is 4.90 Å². The standard InChI is InChI=1S/C15H20N2O3/c1-16-11-14(19)17(10-12-6-3-2-4-7-12)13(15(16)20)8-5-9-18/h2-4,6-7,13,18H,5,8-11H2,1H3/t13-/m0/s1. The Balaban J connectivity index is 2.17. The van der Waals surface area contributed by atoms with Gasteiger partial charge in [0.05, 0.1) is 6.54 Å². The van der Waals surface area contributed by atoms with Crippen molar-refractivity contribution in [3.63, 3.8) is 0 Å². The molecule has 5 heteroatoms. The lowest BCUT2D eigenvalue weighted by Gasteiger charge is -2.39. The molecule has 2 rings (SSSR count).